The molecule has 1 aromatic heterocycles. The van der Waals surface area contributed by atoms with Crippen molar-refractivity contribution >= 4 is 17.1 Å². The highest BCUT2D eigenvalue weighted by atomic mass is 32.1. The lowest BCUT2D eigenvalue weighted by atomic mass is 10.1. The molecular formula is C21H35NOS. The number of aromatic nitrogens is 1. The van der Waals surface area contributed by atoms with Gasteiger partial charge in [0.05, 0.1) is 0 Å². The minimum Gasteiger partial charge on any atom is -0.292 e. The third-order valence-corrected chi connectivity index (χ3v) is 5.15. The molecule has 1 rings (SSSR count). The van der Waals surface area contributed by atoms with E-state index >= 15 is 0 Å². The summed E-state index contributed by atoms with van der Waals surface area (Å²) in [6.07, 6.45) is 23.9. The van der Waals surface area contributed by atoms with Crippen LogP contribution < -0.4 is 0 Å². The van der Waals surface area contributed by atoms with E-state index in [1.54, 1.807) is 6.20 Å². The second-order valence-corrected chi connectivity index (χ2v) is 7.49. The number of hydrogen-bond donors (Lipinski definition) is 0. The molecule has 2 nitrogen and oxygen atoms in total. The number of unbranched alkanes of at least 4 members (excludes halogenated alkanes) is 11. The summed E-state index contributed by atoms with van der Waals surface area (Å²) in [5.41, 5.74) is 0. The SMILES string of the molecule is CCCCCCCC/C=C\CCCCCCCC(=O)c1nccs1. The number of Topliss-reactive ketones (excluding diaryl/α,β-unsaturated/α-hetero) is 1. The van der Waals surface area contributed by atoms with Crippen molar-refractivity contribution < 1.29 is 4.79 Å². The van der Waals surface area contributed by atoms with Crippen LogP contribution in [0.1, 0.15) is 107 Å². The Kier molecular flexibility index (Phi) is 13.7. The van der Waals surface area contributed by atoms with E-state index in [0.717, 1.165) is 6.42 Å². The highest BCUT2D eigenvalue weighted by molar-refractivity contribution is 7.11. The molecule has 1 aromatic rings. The van der Waals surface area contributed by atoms with Gasteiger partial charge in [-0.3, -0.25) is 4.79 Å². The van der Waals surface area contributed by atoms with Crippen molar-refractivity contribution in [3.63, 3.8) is 0 Å². The molecular weight excluding hydrogens is 314 g/mol. The van der Waals surface area contributed by atoms with Crippen LogP contribution in [0.15, 0.2) is 23.7 Å². The summed E-state index contributed by atoms with van der Waals surface area (Å²) in [6.45, 7) is 2.27. The zero-order valence-electron chi connectivity index (χ0n) is 15.5. The Morgan fingerprint density at radius 1 is 0.917 bits per heavy atom. The lowest BCUT2D eigenvalue weighted by Crippen LogP contribution is -1.97. The molecule has 0 saturated heterocycles. The van der Waals surface area contributed by atoms with Gasteiger partial charge in [-0.15, -0.1) is 11.3 Å². The van der Waals surface area contributed by atoms with Crippen molar-refractivity contribution in [3.8, 4) is 0 Å². The normalized spacial score (nSPS) is 11.4. The monoisotopic (exact) mass is 349 g/mol. The molecule has 0 bridgehead atoms. The maximum atomic E-state index is 11.8. The van der Waals surface area contributed by atoms with Gasteiger partial charge in [-0.2, -0.15) is 0 Å². The molecule has 0 saturated carbocycles. The first kappa shape index (κ1) is 21.1. The Balaban J connectivity index is 1.80. The molecule has 24 heavy (non-hydrogen) atoms. The van der Waals surface area contributed by atoms with Crippen molar-refractivity contribution in [3.05, 3.63) is 28.7 Å². The molecule has 136 valence electrons. The standard InChI is InChI=1S/C21H35NOS/c1-2-3-4-5-6-7-8-9-10-11-12-13-14-15-16-17-20(23)21-22-18-19-24-21/h9-10,18-19H,2-8,11-17H2,1H3/b10-9-. The molecule has 0 amide bonds. The number of allylic oxidation sites excluding steroid dienone is 2. The summed E-state index contributed by atoms with van der Waals surface area (Å²) in [5, 5.41) is 2.54. The van der Waals surface area contributed by atoms with Gasteiger partial charge in [0.15, 0.2) is 10.8 Å². The van der Waals surface area contributed by atoms with Crippen LogP contribution in [0.25, 0.3) is 0 Å². The predicted octanol–water partition coefficient (Wildman–Crippen LogP) is 7.36. The Morgan fingerprint density at radius 2 is 1.50 bits per heavy atom. The van der Waals surface area contributed by atoms with Gasteiger partial charge in [-0.1, -0.05) is 70.4 Å². The third kappa shape index (κ3) is 11.6. The van der Waals surface area contributed by atoms with Crippen molar-refractivity contribution in [2.24, 2.45) is 0 Å². The number of carbonyl (C=O) groups is 1. The lowest BCUT2D eigenvalue weighted by Gasteiger charge is -2.00. The van der Waals surface area contributed by atoms with Gasteiger partial charge in [0.25, 0.3) is 0 Å². The summed E-state index contributed by atoms with van der Waals surface area (Å²) in [7, 11) is 0. The average molecular weight is 350 g/mol. The van der Waals surface area contributed by atoms with Crippen LogP contribution in [0.5, 0.6) is 0 Å². The van der Waals surface area contributed by atoms with E-state index in [9.17, 15) is 4.79 Å². The Labute approximate surface area is 152 Å². The molecule has 0 N–H and O–H groups in total. The number of nitrogens with zero attached hydrogens (tertiary/aromatic N) is 1. The number of thiazole rings is 1. The first-order valence-corrected chi connectivity index (χ1v) is 10.8. The molecule has 0 unspecified atom stereocenters. The van der Waals surface area contributed by atoms with Crippen LogP contribution in [0.4, 0.5) is 0 Å². The fourth-order valence-corrected chi connectivity index (χ4v) is 3.43. The molecule has 0 aliphatic heterocycles. The first-order valence-electron chi connectivity index (χ1n) is 9.92. The molecule has 0 aliphatic rings. The maximum absolute atomic E-state index is 11.8. The van der Waals surface area contributed by atoms with E-state index in [4.69, 9.17) is 0 Å². The van der Waals surface area contributed by atoms with Gasteiger partial charge in [0, 0.05) is 18.0 Å². The highest BCUT2D eigenvalue weighted by Crippen LogP contribution is 2.13. The first-order chi connectivity index (χ1) is 11.8. The molecule has 0 aliphatic carbocycles. The Hall–Kier alpha value is -0.960. The van der Waals surface area contributed by atoms with Crippen LogP contribution >= 0.6 is 11.3 Å². The minimum atomic E-state index is 0.211. The minimum absolute atomic E-state index is 0.211. The largest absolute Gasteiger partial charge is 0.292 e. The Morgan fingerprint density at radius 3 is 2.08 bits per heavy atom. The van der Waals surface area contributed by atoms with Gasteiger partial charge in [-0.25, -0.2) is 4.98 Å². The van der Waals surface area contributed by atoms with Crippen LogP contribution in [-0.2, 0) is 0 Å². The van der Waals surface area contributed by atoms with Gasteiger partial charge >= 0.3 is 0 Å². The van der Waals surface area contributed by atoms with Crippen molar-refractivity contribution in [2.75, 3.05) is 0 Å². The predicted molar refractivity (Wildman–Crippen MR) is 106 cm³/mol. The summed E-state index contributed by atoms with van der Waals surface area (Å²) in [5.74, 6) is 0.211. The third-order valence-electron chi connectivity index (χ3n) is 4.34. The molecule has 0 atom stereocenters. The van der Waals surface area contributed by atoms with Gasteiger partial charge in [0.2, 0.25) is 0 Å². The highest BCUT2D eigenvalue weighted by Gasteiger charge is 2.07. The topological polar surface area (TPSA) is 30.0 Å². The van der Waals surface area contributed by atoms with Crippen LogP contribution in [-0.4, -0.2) is 10.8 Å². The van der Waals surface area contributed by atoms with Crippen molar-refractivity contribution in [2.45, 2.75) is 96.8 Å². The quantitative estimate of drug-likeness (QED) is 0.177. The van der Waals surface area contributed by atoms with Gasteiger partial charge in [-0.05, 0) is 32.1 Å². The van der Waals surface area contributed by atoms with Gasteiger partial charge < -0.3 is 0 Å². The summed E-state index contributed by atoms with van der Waals surface area (Å²) in [6, 6.07) is 0. The summed E-state index contributed by atoms with van der Waals surface area (Å²) < 4.78 is 0. The van der Waals surface area contributed by atoms with E-state index in [1.165, 1.54) is 88.4 Å². The van der Waals surface area contributed by atoms with E-state index in [2.05, 4.69) is 24.1 Å². The van der Waals surface area contributed by atoms with E-state index in [1.807, 2.05) is 5.38 Å². The lowest BCUT2D eigenvalue weighted by molar-refractivity contribution is 0.0978. The smallest absolute Gasteiger partial charge is 0.191 e. The van der Waals surface area contributed by atoms with E-state index < -0.39 is 0 Å². The fraction of sp³-hybridized carbons (Fsp3) is 0.714. The zero-order chi connectivity index (χ0) is 17.3. The van der Waals surface area contributed by atoms with Gasteiger partial charge in [0.1, 0.15) is 0 Å². The number of ketones is 1. The molecule has 0 radical (unpaired) electrons. The van der Waals surface area contributed by atoms with Crippen molar-refractivity contribution in [1.29, 1.82) is 0 Å². The summed E-state index contributed by atoms with van der Waals surface area (Å²) >= 11 is 1.45. The average Bonchev–Trinajstić information content (AvgIpc) is 3.13. The molecule has 1 heterocycles. The molecule has 3 heteroatoms. The zero-order valence-corrected chi connectivity index (χ0v) is 16.3. The van der Waals surface area contributed by atoms with E-state index in [0.29, 0.717) is 11.4 Å². The Bertz CT molecular complexity index is 425. The van der Waals surface area contributed by atoms with Crippen LogP contribution in [0.2, 0.25) is 0 Å². The van der Waals surface area contributed by atoms with E-state index in [-0.39, 0.29) is 5.78 Å². The number of carbonyl (C=O) groups excluding carboxylic acids is 1. The van der Waals surface area contributed by atoms with Crippen molar-refractivity contribution in [1.82, 2.24) is 4.98 Å². The van der Waals surface area contributed by atoms with Crippen LogP contribution in [0.3, 0.4) is 0 Å². The number of rotatable bonds is 16. The summed E-state index contributed by atoms with van der Waals surface area (Å²) in [4.78, 5) is 15.8. The van der Waals surface area contributed by atoms with Crippen LogP contribution in [0, 0.1) is 0 Å². The molecule has 0 spiro atoms. The number of hydrogen-bond acceptors (Lipinski definition) is 3. The molecule has 0 fully saturated rings. The maximum Gasteiger partial charge on any atom is 0.191 e. The second-order valence-electron chi connectivity index (χ2n) is 6.59. The fourth-order valence-electron chi connectivity index (χ4n) is 2.82. The second kappa shape index (κ2) is 15.6. The molecule has 0 aromatic carbocycles.